The molecule has 0 radical (unpaired) electrons. The number of carbonyl (C=O) groups is 1. The maximum atomic E-state index is 11.2. The molecule has 1 unspecified atom stereocenters. The van der Waals surface area contributed by atoms with Crippen LogP contribution in [-0.4, -0.2) is 17.6 Å². The Morgan fingerprint density at radius 2 is 2.33 bits per heavy atom. The molecule has 0 saturated heterocycles. The molecule has 0 bridgehead atoms. The minimum Gasteiger partial charge on any atom is -0.364 e. The van der Waals surface area contributed by atoms with Gasteiger partial charge < -0.3 is 15.6 Å². The van der Waals surface area contributed by atoms with Crippen molar-refractivity contribution >= 4 is 5.91 Å². The Kier molecular flexibility index (Phi) is 1.82. The van der Waals surface area contributed by atoms with Gasteiger partial charge in [-0.05, 0) is 18.8 Å². The molecule has 2 aliphatic rings. The van der Waals surface area contributed by atoms with Crippen molar-refractivity contribution in [1.29, 1.82) is 0 Å². The number of amides is 1. The summed E-state index contributed by atoms with van der Waals surface area (Å²) in [6.45, 7) is 0.890. The van der Waals surface area contributed by atoms with E-state index >= 15 is 0 Å². The molecule has 1 fully saturated rings. The third kappa shape index (κ3) is 1.34. The van der Waals surface area contributed by atoms with Crippen molar-refractivity contribution in [3.63, 3.8) is 0 Å². The summed E-state index contributed by atoms with van der Waals surface area (Å²) in [5.41, 5.74) is 6.50. The third-order valence-electron chi connectivity index (χ3n) is 3.16. The molecule has 0 spiro atoms. The Morgan fingerprint density at radius 1 is 1.53 bits per heavy atom. The van der Waals surface area contributed by atoms with Crippen LogP contribution in [0.25, 0.3) is 0 Å². The lowest BCUT2D eigenvalue weighted by molar-refractivity contribution is 0.0990. The van der Waals surface area contributed by atoms with E-state index in [1.807, 2.05) is 0 Å². The van der Waals surface area contributed by atoms with Crippen LogP contribution in [0.15, 0.2) is 4.52 Å². The first-order valence-corrected chi connectivity index (χ1v) is 5.29. The van der Waals surface area contributed by atoms with Crippen molar-refractivity contribution in [2.45, 2.75) is 25.3 Å². The van der Waals surface area contributed by atoms with E-state index in [-0.39, 0.29) is 6.04 Å². The fourth-order valence-corrected chi connectivity index (χ4v) is 2.29. The fourth-order valence-electron chi connectivity index (χ4n) is 2.29. The number of aromatic nitrogens is 1. The molecule has 1 aliphatic heterocycles. The number of nitrogens with one attached hydrogen (secondary N) is 1. The first-order valence-electron chi connectivity index (χ1n) is 5.29. The Bertz CT molecular complexity index is 409. The van der Waals surface area contributed by atoms with E-state index in [9.17, 15) is 4.79 Å². The molecule has 80 valence electrons. The molecule has 1 aromatic heterocycles. The topological polar surface area (TPSA) is 81.2 Å². The molecule has 15 heavy (non-hydrogen) atoms. The van der Waals surface area contributed by atoms with E-state index in [1.165, 1.54) is 12.8 Å². The third-order valence-corrected chi connectivity index (χ3v) is 3.16. The van der Waals surface area contributed by atoms with Crippen LogP contribution in [0.4, 0.5) is 0 Å². The summed E-state index contributed by atoms with van der Waals surface area (Å²) < 4.78 is 5.17. The molecular formula is C10H13N3O2. The number of primary amides is 1. The van der Waals surface area contributed by atoms with Crippen molar-refractivity contribution in [2.24, 2.45) is 11.7 Å². The number of fused-ring (bicyclic) bond motifs is 1. The summed E-state index contributed by atoms with van der Waals surface area (Å²) in [6, 6.07) is 0.225. The lowest BCUT2D eigenvalue weighted by Gasteiger charge is -2.22. The monoisotopic (exact) mass is 207 g/mol. The SMILES string of the molecule is NC(=O)c1noc2c1C(C1CC1)NCC2. The van der Waals surface area contributed by atoms with Gasteiger partial charge in [-0.3, -0.25) is 4.79 Å². The Morgan fingerprint density at radius 3 is 3.00 bits per heavy atom. The summed E-state index contributed by atoms with van der Waals surface area (Å²) >= 11 is 0. The van der Waals surface area contributed by atoms with Gasteiger partial charge in [-0.15, -0.1) is 0 Å². The van der Waals surface area contributed by atoms with Crippen LogP contribution in [0.2, 0.25) is 0 Å². The van der Waals surface area contributed by atoms with E-state index in [1.54, 1.807) is 0 Å². The first kappa shape index (κ1) is 8.91. The molecule has 2 heterocycles. The van der Waals surface area contributed by atoms with Crippen LogP contribution in [0, 0.1) is 5.92 Å². The van der Waals surface area contributed by atoms with Crippen LogP contribution in [-0.2, 0) is 6.42 Å². The molecule has 5 nitrogen and oxygen atoms in total. The van der Waals surface area contributed by atoms with Gasteiger partial charge in [0.15, 0.2) is 5.69 Å². The highest BCUT2D eigenvalue weighted by molar-refractivity contribution is 5.92. The van der Waals surface area contributed by atoms with E-state index in [4.69, 9.17) is 10.3 Å². The average Bonchev–Trinajstić information content (AvgIpc) is 2.96. The average molecular weight is 207 g/mol. The highest BCUT2D eigenvalue weighted by Gasteiger charge is 2.39. The zero-order valence-corrected chi connectivity index (χ0v) is 8.32. The number of carbonyl (C=O) groups excluding carboxylic acids is 1. The van der Waals surface area contributed by atoms with Crippen LogP contribution in [0.5, 0.6) is 0 Å². The fraction of sp³-hybridized carbons (Fsp3) is 0.600. The number of hydrogen-bond donors (Lipinski definition) is 2. The van der Waals surface area contributed by atoms with E-state index in [0.29, 0.717) is 11.6 Å². The van der Waals surface area contributed by atoms with Crippen LogP contribution < -0.4 is 11.1 Å². The van der Waals surface area contributed by atoms with E-state index in [2.05, 4.69) is 10.5 Å². The molecule has 1 atom stereocenters. The van der Waals surface area contributed by atoms with Crippen LogP contribution in [0.1, 0.15) is 40.7 Å². The molecule has 5 heteroatoms. The Hall–Kier alpha value is -1.36. The number of hydrogen-bond acceptors (Lipinski definition) is 4. The quantitative estimate of drug-likeness (QED) is 0.734. The normalized spacial score (nSPS) is 24.9. The van der Waals surface area contributed by atoms with Gasteiger partial charge in [-0.1, -0.05) is 5.16 Å². The van der Waals surface area contributed by atoms with Crippen molar-refractivity contribution in [2.75, 3.05) is 6.54 Å². The van der Waals surface area contributed by atoms with Gasteiger partial charge in [0.2, 0.25) is 0 Å². The van der Waals surface area contributed by atoms with Gasteiger partial charge in [0.25, 0.3) is 5.91 Å². The van der Waals surface area contributed by atoms with Gasteiger partial charge in [0.05, 0.1) is 0 Å². The van der Waals surface area contributed by atoms with Crippen molar-refractivity contribution in [3.05, 3.63) is 17.0 Å². The summed E-state index contributed by atoms with van der Waals surface area (Å²) in [6.07, 6.45) is 3.21. The first-order chi connectivity index (χ1) is 7.27. The number of nitrogens with zero attached hydrogens (tertiary/aromatic N) is 1. The maximum absolute atomic E-state index is 11.2. The molecule has 0 aromatic carbocycles. The number of nitrogens with two attached hydrogens (primary N) is 1. The van der Waals surface area contributed by atoms with Gasteiger partial charge in [0, 0.05) is 24.6 Å². The van der Waals surface area contributed by atoms with Gasteiger partial charge in [0.1, 0.15) is 5.76 Å². The zero-order chi connectivity index (χ0) is 10.4. The lowest BCUT2D eigenvalue weighted by Crippen LogP contribution is -2.32. The van der Waals surface area contributed by atoms with Crippen LogP contribution >= 0.6 is 0 Å². The predicted octanol–water partition coefficient (Wildman–Crippen LogP) is 0.370. The molecular weight excluding hydrogens is 194 g/mol. The molecule has 3 N–H and O–H groups in total. The van der Waals surface area contributed by atoms with Crippen molar-refractivity contribution in [1.82, 2.24) is 10.5 Å². The minimum absolute atomic E-state index is 0.225. The standard InChI is InChI=1S/C10H13N3O2/c11-10(14)9-7-6(15-13-9)3-4-12-8(7)5-1-2-5/h5,8,12H,1-4H2,(H2,11,14). The van der Waals surface area contributed by atoms with E-state index in [0.717, 1.165) is 24.3 Å². The van der Waals surface area contributed by atoms with Gasteiger partial charge in [-0.2, -0.15) is 0 Å². The second kappa shape index (κ2) is 3.06. The summed E-state index contributed by atoms with van der Waals surface area (Å²) in [5.74, 6) is 0.968. The summed E-state index contributed by atoms with van der Waals surface area (Å²) in [7, 11) is 0. The summed E-state index contributed by atoms with van der Waals surface area (Å²) in [5, 5.41) is 7.18. The molecule has 3 rings (SSSR count). The highest BCUT2D eigenvalue weighted by atomic mass is 16.5. The van der Waals surface area contributed by atoms with E-state index < -0.39 is 5.91 Å². The highest BCUT2D eigenvalue weighted by Crippen LogP contribution is 2.44. The number of rotatable bonds is 2. The second-order valence-electron chi connectivity index (χ2n) is 4.25. The Labute approximate surface area is 87.0 Å². The summed E-state index contributed by atoms with van der Waals surface area (Å²) in [4.78, 5) is 11.2. The predicted molar refractivity (Wildman–Crippen MR) is 52.2 cm³/mol. The largest absolute Gasteiger partial charge is 0.364 e. The van der Waals surface area contributed by atoms with Crippen molar-refractivity contribution in [3.8, 4) is 0 Å². The molecule has 1 saturated carbocycles. The van der Waals surface area contributed by atoms with Crippen molar-refractivity contribution < 1.29 is 9.32 Å². The zero-order valence-electron chi connectivity index (χ0n) is 8.32. The molecule has 1 aliphatic carbocycles. The van der Waals surface area contributed by atoms with Gasteiger partial charge in [-0.25, -0.2) is 0 Å². The second-order valence-corrected chi connectivity index (χ2v) is 4.25. The van der Waals surface area contributed by atoms with Gasteiger partial charge >= 0.3 is 0 Å². The Balaban J connectivity index is 2.05. The molecule has 1 aromatic rings. The van der Waals surface area contributed by atoms with Crippen LogP contribution in [0.3, 0.4) is 0 Å². The minimum atomic E-state index is -0.491. The molecule has 1 amide bonds. The lowest BCUT2D eigenvalue weighted by atomic mass is 9.95. The smallest absolute Gasteiger partial charge is 0.271 e. The maximum Gasteiger partial charge on any atom is 0.271 e.